The fourth-order valence-corrected chi connectivity index (χ4v) is 1.68. The Hall–Kier alpha value is -2.15. The normalized spacial score (nSPS) is 10.3. The lowest BCUT2D eigenvalue weighted by molar-refractivity contribution is -0.385. The standard InChI is InChI=1S/C14H20N2O5/c1-2-3-8-21-9-4-7-15-14(18)12-10-11(17)5-6-13(12)16(19)20/h5-6,10,17H,2-4,7-9H2,1H3,(H,15,18). The van der Waals surface area contributed by atoms with E-state index in [-0.39, 0.29) is 17.0 Å². The van der Waals surface area contributed by atoms with E-state index in [0.717, 1.165) is 25.0 Å². The molecule has 21 heavy (non-hydrogen) atoms. The van der Waals surface area contributed by atoms with Gasteiger partial charge in [0.05, 0.1) is 4.92 Å². The van der Waals surface area contributed by atoms with Crippen molar-refractivity contribution in [3.8, 4) is 5.75 Å². The molecule has 0 atom stereocenters. The largest absolute Gasteiger partial charge is 0.508 e. The van der Waals surface area contributed by atoms with Crippen molar-refractivity contribution in [1.29, 1.82) is 0 Å². The van der Waals surface area contributed by atoms with E-state index in [2.05, 4.69) is 12.2 Å². The van der Waals surface area contributed by atoms with E-state index in [1.54, 1.807) is 0 Å². The molecular weight excluding hydrogens is 276 g/mol. The Morgan fingerprint density at radius 1 is 1.38 bits per heavy atom. The summed E-state index contributed by atoms with van der Waals surface area (Å²) >= 11 is 0. The predicted molar refractivity (Wildman–Crippen MR) is 77.4 cm³/mol. The van der Waals surface area contributed by atoms with E-state index < -0.39 is 10.8 Å². The third kappa shape index (κ3) is 5.78. The van der Waals surface area contributed by atoms with Crippen LogP contribution in [0.2, 0.25) is 0 Å². The number of carbonyl (C=O) groups is 1. The van der Waals surface area contributed by atoms with Crippen LogP contribution < -0.4 is 5.32 Å². The number of unbranched alkanes of at least 4 members (excludes halogenated alkanes) is 1. The molecule has 1 aromatic carbocycles. The van der Waals surface area contributed by atoms with Crippen LogP contribution in [0.3, 0.4) is 0 Å². The van der Waals surface area contributed by atoms with Crippen molar-refractivity contribution in [1.82, 2.24) is 5.32 Å². The Balaban J connectivity index is 2.45. The lowest BCUT2D eigenvalue weighted by Crippen LogP contribution is -2.26. The van der Waals surface area contributed by atoms with Gasteiger partial charge >= 0.3 is 0 Å². The lowest BCUT2D eigenvalue weighted by atomic mass is 10.1. The van der Waals surface area contributed by atoms with E-state index >= 15 is 0 Å². The monoisotopic (exact) mass is 296 g/mol. The van der Waals surface area contributed by atoms with Crippen LogP contribution in [-0.4, -0.2) is 35.7 Å². The molecule has 0 heterocycles. The number of hydrogen-bond acceptors (Lipinski definition) is 5. The van der Waals surface area contributed by atoms with Gasteiger partial charge in [-0.05, 0) is 25.0 Å². The Morgan fingerprint density at radius 3 is 2.76 bits per heavy atom. The zero-order valence-corrected chi connectivity index (χ0v) is 12.0. The van der Waals surface area contributed by atoms with Crippen LogP contribution in [0.25, 0.3) is 0 Å². The molecule has 116 valence electrons. The minimum Gasteiger partial charge on any atom is -0.508 e. The molecule has 0 aliphatic rings. The van der Waals surface area contributed by atoms with Gasteiger partial charge in [-0.25, -0.2) is 0 Å². The Morgan fingerprint density at radius 2 is 2.10 bits per heavy atom. The molecule has 2 N–H and O–H groups in total. The number of carbonyl (C=O) groups excluding carboxylic acids is 1. The van der Waals surface area contributed by atoms with Crippen LogP contribution in [0, 0.1) is 10.1 Å². The van der Waals surface area contributed by atoms with Crippen molar-refractivity contribution in [3.05, 3.63) is 33.9 Å². The van der Waals surface area contributed by atoms with Gasteiger partial charge in [0.1, 0.15) is 11.3 Å². The number of nitro groups is 1. The average Bonchev–Trinajstić information content (AvgIpc) is 2.45. The molecule has 0 saturated carbocycles. The van der Waals surface area contributed by atoms with Crippen LogP contribution in [0.15, 0.2) is 18.2 Å². The first-order valence-electron chi connectivity index (χ1n) is 6.89. The highest BCUT2D eigenvalue weighted by Crippen LogP contribution is 2.23. The number of hydrogen-bond donors (Lipinski definition) is 2. The summed E-state index contributed by atoms with van der Waals surface area (Å²) in [7, 11) is 0. The highest BCUT2D eigenvalue weighted by molar-refractivity contribution is 5.98. The van der Waals surface area contributed by atoms with Gasteiger partial charge in [0.2, 0.25) is 0 Å². The molecule has 0 spiro atoms. The minimum atomic E-state index is -0.651. The molecule has 0 aliphatic carbocycles. The fraction of sp³-hybridized carbons (Fsp3) is 0.500. The molecule has 0 bridgehead atoms. The van der Waals surface area contributed by atoms with Crippen molar-refractivity contribution in [2.75, 3.05) is 19.8 Å². The number of benzene rings is 1. The molecular formula is C14H20N2O5. The summed E-state index contributed by atoms with van der Waals surface area (Å²) in [5.41, 5.74) is -0.476. The van der Waals surface area contributed by atoms with Crippen LogP contribution >= 0.6 is 0 Å². The van der Waals surface area contributed by atoms with E-state index in [0.29, 0.717) is 26.2 Å². The van der Waals surface area contributed by atoms with Crippen molar-refractivity contribution < 1.29 is 19.6 Å². The number of rotatable bonds is 9. The van der Waals surface area contributed by atoms with Gasteiger partial charge in [-0.15, -0.1) is 0 Å². The zero-order valence-electron chi connectivity index (χ0n) is 12.0. The first-order valence-corrected chi connectivity index (χ1v) is 6.89. The number of ether oxygens (including phenoxy) is 1. The summed E-state index contributed by atoms with van der Waals surface area (Å²) < 4.78 is 5.34. The molecule has 0 radical (unpaired) electrons. The van der Waals surface area contributed by atoms with Crippen LogP contribution in [0.4, 0.5) is 5.69 Å². The van der Waals surface area contributed by atoms with E-state index in [9.17, 15) is 20.0 Å². The summed E-state index contributed by atoms with van der Waals surface area (Å²) in [5.74, 6) is -0.764. The van der Waals surface area contributed by atoms with Gasteiger partial charge in [-0.2, -0.15) is 0 Å². The highest BCUT2D eigenvalue weighted by Gasteiger charge is 2.20. The average molecular weight is 296 g/mol. The number of nitrogens with zero attached hydrogens (tertiary/aromatic N) is 1. The van der Waals surface area contributed by atoms with Crippen LogP contribution in [0.5, 0.6) is 5.75 Å². The Labute approximate surface area is 123 Å². The highest BCUT2D eigenvalue weighted by atomic mass is 16.6. The minimum absolute atomic E-state index is 0.146. The molecule has 0 saturated heterocycles. The van der Waals surface area contributed by atoms with Gasteiger partial charge in [0.25, 0.3) is 11.6 Å². The van der Waals surface area contributed by atoms with Gasteiger partial charge in [-0.1, -0.05) is 13.3 Å². The fourth-order valence-electron chi connectivity index (χ4n) is 1.68. The molecule has 0 fully saturated rings. The number of aromatic hydroxyl groups is 1. The third-order valence-electron chi connectivity index (χ3n) is 2.81. The van der Waals surface area contributed by atoms with E-state index in [1.165, 1.54) is 6.07 Å². The smallest absolute Gasteiger partial charge is 0.282 e. The molecule has 1 aromatic rings. The number of nitrogens with one attached hydrogen (secondary N) is 1. The van der Waals surface area contributed by atoms with Gasteiger partial charge in [-0.3, -0.25) is 14.9 Å². The summed E-state index contributed by atoms with van der Waals surface area (Å²) in [6.45, 7) is 3.66. The summed E-state index contributed by atoms with van der Waals surface area (Å²) in [6.07, 6.45) is 2.70. The molecule has 0 aliphatic heterocycles. The second-order valence-corrected chi connectivity index (χ2v) is 4.53. The molecule has 7 nitrogen and oxygen atoms in total. The number of phenols is 1. The van der Waals surface area contributed by atoms with Crippen LogP contribution in [-0.2, 0) is 4.74 Å². The van der Waals surface area contributed by atoms with Crippen LogP contribution in [0.1, 0.15) is 36.5 Å². The number of phenolic OH excluding ortho intramolecular Hbond substituents is 1. The van der Waals surface area contributed by atoms with Crippen molar-refractivity contribution in [2.24, 2.45) is 0 Å². The maximum Gasteiger partial charge on any atom is 0.282 e. The Bertz CT molecular complexity index is 490. The molecule has 1 amide bonds. The maximum absolute atomic E-state index is 11.9. The lowest BCUT2D eigenvalue weighted by Gasteiger charge is -2.07. The topological polar surface area (TPSA) is 102 Å². The first kappa shape index (κ1) is 16.9. The number of amides is 1. The predicted octanol–water partition coefficient (Wildman–Crippen LogP) is 2.24. The maximum atomic E-state index is 11.9. The second kappa shape index (κ2) is 8.91. The van der Waals surface area contributed by atoms with E-state index in [1.807, 2.05) is 0 Å². The summed E-state index contributed by atoms with van der Waals surface area (Å²) in [5, 5.41) is 22.8. The van der Waals surface area contributed by atoms with Gasteiger partial charge < -0.3 is 15.2 Å². The quantitative estimate of drug-likeness (QED) is 0.413. The van der Waals surface area contributed by atoms with Crippen molar-refractivity contribution in [3.63, 3.8) is 0 Å². The van der Waals surface area contributed by atoms with E-state index in [4.69, 9.17) is 4.74 Å². The molecule has 7 heteroatoms. The first-order chi connectivity index (χ1) is 10.1. The molecule has 1 rings (SSSR count). The second-order valence-electron chi connectivity index (χ2n) is 4.53. The third-order valence-corrected chi connectivity index (χ3v) is 2.81. The van der Waals surface area contributed by atoms with Gasteiger partial charge in [0.15, 0.2) is 0 Å². The zero-order chi connectivity index (χ0) is 15.7. The molecule has 0 aromatic heterocycles. The van der Waals surface area contributed by atoms with Crippen molar-refractivity contribution in [2.45, 2.75) is 26.2 Å². The molecule has 0 unspecified atom stereocenters. The summed E-state index contributed by atoms with van der Waals surface area (Å²) in [4.78, 5) is 22.1. The summed E-state index contributed by atoms with van der Waals surface area (Å²) in [6, 6.07) is 3.37. The number of nitro benzene ring substituents is 1. The SMILES string of the molecule is CCCCOCCCNC(=O)c1cc(O)ccc1[N+](=O)[O-]. The van der Waals surface area contributed by atoms with Gasteiger partial charge in [0, 0.05) is 25.8 Å². The Kier molecular flexibility index (Phi) is 7.17. The van der Waals surface area contributed by atoms with Crippen molar-refractivity contribution >= 4 is 11.6 Å².